The summed E-state index contributed by atoms with van der Waals surface area (Å²) in [6.07, 6.45) is 4.38. The number of carboxylic acid groups (broad SMARTS) is 1. The average Bonchev–Trinajstić information content (AvgIpc) is 2.38. The molecule has 0 atom stereocenters. The number of carbonyl (C=O) groups excluding carboxylic acids is 1. The van der Waals surface area contributed by atoms with E-state index >= 15 is 0 Å². The Bertz CT molecular complexity index is 297. The van der Waals surface area contributed by atoms with Crippen molar-refractivity contribution in [1.29, 1.82) is 0 Å². The third-order valence-corrected chi connectivity index (χ3v) is 3.93. The van der Waals surface area contributed by atoms with Crippen LogP contribution in [0.3, 0.4) is 0 Å². The Labute approximate surface area is 108 Å². The molecule has 5 heteroatoms. The lowest BCUT2D eigenvalue weighted by molar-refractivity contribution is -0.147. The number of likely N-dealkylation sites (N-methyl/N-ethyl adjacent to an activating group) is 1. The van der Waals surface area contributed by atoms with Crippen LogP contribution in [0.2, 0.25) is 0 Å². The number of carbonyl (C=O) groups is 2. The quantitative estimate of drug-likeness (QED) is 0.623. The van der Waals surface area contributed by atoms with Crippen LogP contribution in [-0.4, -0.2) is 36.1 Å². The van der Waals surface area contributed by atoms with Crippen molar-refractivity contribution in [3.8, 4) is 0 Å². The van der Waals surface area contributed by atoms with Crippen LogP contribution in [0.25, 0.3) is 0 Å². The highest BCUT2D eigenvalue weighted by Gasteiger charge is 2.41. The molecule has 1 aliphatic rings. The highest BCUT2D eigenvalue weighted by atomic mass is 16.4. The van der Waals surface area contributed by atoms with Crippen LogP contribution < -0.4 is 10.6 Å². The van der Waals surface area contributed by atoms with Crippen molar-refractivity contribution < 1.29 is 14.7 Å². The first-order valence-electron chi connectivity index (χ1n) is 6.75. The molecule has 0 aromatic heterocycles. The molecule has 0 bridgehead atoms. The van der Waals surface area contributed by atoms with Crippen LogP contribution in [0.4, 0.5) is 0 Å². The fraction of sp³-hybridized carbons (Fsp3) is 0.846. The summed E-state index contributed by atoms with van der Waals surface area (Å²) in [4.78, 5) is 23.1. The van der Waals surface area contributed by atoms with Gasteiger partial charge in [0.25, 0.3) is 0 Å². The van der Waals surface area contributed by atoms with Gasteiger partial charge in [0.2, 0.25) is 5.91 Å². The molecule has 1 aliphatic carbocycles. The van der Waals surface area contributed by atoms with Crippen LogP contribution >= 0.6 is 0 Å². The first-order valence-corrected chi connectivity index (χ1v) is 6.75. The summed E-state index contributed by atoms with van der Waals surface area (Å²) in [7, 11) is 1.68. The van der Waals surface area contributed by atoms with Gasteiger partial charge < -0.3 is 15.7 Å². The number of unbranched alkanes of at least 4 members (excludes halogenated alkanes) is 1. The largest absolute Gasteiger partial charge is 0.480 e. The summed E-state index contributed by atoms with van der Waals surface area (Å²) in [5.41, 5.74) is -0.833. The molecule has 18 heavy (non-hydrogen) atoms. The average molecular weight is 256 g/mol. The van der Waals surface area contributed by atoms with Gasteiger partial charge in [-0.15, -0.1) is 0 Å². The van der Waals surface area contributed by atoms with Crippen LogP contribution in [0.5, 0.6) is 0 Å². The minimum Gasteiger partial charge on any atom is -0.480 e. The van der Waals surface area contributed by atoms with Gasteiger partial charge in [0.1, 0.15) is 5.54 Å². The number of hydrogen-bond donors (Lipinski definition) is 3. The van der Waals surface area contributed by atoms with Crippen LogP contribution in [0, 0.1) is 5.92 Å². The zero-order valence-corrected chi connectivity index (χ0v) is 11.3. The molecule has 0 heterocycles. The first-order chi connectivity index (χ1) is 8.55. The summed E-state index contributed by atoms with van der Waals surface area (Å²) in [6.45, 7) is 2.81. The molecule has 0 aromatic carbocycles. The Morgan fingerprint density at radius 2 is 1.94 bits per heavy atom. The Balaban J connectivity index is 2.43. The van der Waals surface area contributed by atoms with Gasteiger partial charge in [-0.2, -0.15) is 0 Å². The van der Waals surface area contributed by atoms with Crippen molar-refractivity contribution in [2.75, 3.05) is 13.6 Å². The summed E-state index contributed by atoms with van der Waals surface area (Å²) in [6, 6.07) is 0. The monoisotopic (exact) mass is 256 g/mol. The number of carboxylic acids is 1. The van der Waals surface area contributed by atoms with E-state index in [4.69, 9.17) is 0 Å². The maximum absolute atomic E-state index is 11.9. The van der Waals surface area contributed by atoms with Gasteiger partial charge in [-0.1, -0.05) is 13.3 Å². The molecule has 1 rings (SSSR count). The summed E-state index contributed by atoms with van der Waals surface area (Å²) >= 11 is 0. The second-order valence-electron chi connectivity index (χ2n) is 5.06. The molecule has 1 saturated carbocycles. The minimum absolute atomic E-state index is 0.0253. The van der Waals surface area contributed by atoms with E-state index in [-0.39, 0.29) is 11.8 Å². The van der Waals surface area contributed by atoms with Crippen molar-refractivity contribution in [3.63, 3.8) is 0 Å². The SMILES string of the molecule is CCCCNC(=O)C1CCC(NC)(C(=O)O)CC1. The van der Waals surface area contributed by atoms with E-state index in [0.717, 1.165) is 19.4 Å². The van der Waals surface area contributed by atoms with E-state index in [2.05, 4.69) is 17.6 Å². The highest BCUT2D eigenvalue weighted by Crippen LogP contribution is 2.32. The lowest BCUT2D eigenvalue weighted by Gasteiger charge is -2.36. The maximum Gasteiger partial charge on any atom is 0.323 e. The molecule has 1 fully saturated rings. The molecule has 0 aliphatic heterocycles. The van der Waals surface area contributed by atoms with E-state index in [9.17, 15) is 14.7 Å². The van der Waals surface area contributed by atoms with E-state index in [0.29, 0.717) is 25.7 Å². The van der Waals surface area contributed by atoms with Crippen LogP contribution in [0.15, 0.2) is 0 Å². The van der Waals surface area contributed by atoms with Gasteiger partial charge in [-0.25, -0.2) is 0 Å². The van der Waals surface area contributed by atoms with Gasteiger partial charge in [0.15, 0.2) is 0 Å². The van der Waals surface area contributed by atoms with Crippen LogP contribution in [-0.2, 0) is 9.59 Å². The lowest BCUT2D eigenvalue weighted by atomic mass is 9.76. The Morgan fingerprint density at radius 1 is 1.33 bits per heavy atom. The van der Waals surface area contributed by atoms with Gasteiger partial charge in [-0.3, -0.25) is 9.59 Å². The van der Waals surface area contributed by atoms with Gasteiger partial charge in [-0.05, 0) is 39.2 Å². The fourth-order valence-electron chi connectivity index (χ4n) is 2.48. The zero-order chi connectivity index (χ0) is 13.6. The second-order valence-corrected chi connectivity index (χ2v) is 5.06. The highest BCUT2D eigenvalue weighted by molar-refractivity contribution is 5.81. The Kier molecular flexibility index (Phi) is 5.59. The van der Waals surface area contributed by atoms with Crippen molar-refractivity contribution in [3.05, 3.63) is 0 Å². The third-order valence-electron chi connectivity index (χ3n) is 3.93. The van der Waals surface area contributed by atoms with Crippen molar-refractivity contribution in [2.24, 2.45) is 5.92 Å². The minimum atomic E-state index is -0.833. The first kappa shape index (κ1) is 15.0. The predicted molar refractivity (Wildman–Crippen MR) is 69.3 cm³/mol. The van der Waals surface area contributed by atoms with E-state index < -0.39 is 11.5 Å². The molecule has 0 radical (unpaired) electrons. The number of amides is 1. The number of hydrogen-bond acceptors (Lipinski definition) is 3. The number of rotatable bonds is 6. The van der Waals surface area contributed by atoms with E-state index in [1.807, 2.05) is 0 Å². The molecule has 0 unspecified atom stereocenters. The number of aliphatic carboxylic acids is 1. The molecule has 5 nitrogen and oxygen atoms in total. The molecule has 0 aromatic rings. The molecule has 3 N–H and O–H groups in total. The lowest BCUT2D eigenvalue weighted by Crippen LogP contribution is -2.53. The second kappa shape index (κ2) is 6.73. The molecule has 104 valence electrons. The Hall–Kier alpha value is -1.10. The molecular weight excluding hydrogens is 232 g/mol. The number of nitrogens with one attached hydrogen (secondary N) is 2. The smallest absolute Gasteiger partial charge is 0.323 e. The molecular formula is C13H24N2O3. The van der Waals surface area contributed by atoms with Crippen molar-refractivity contribution >= 4 is 11.9 Å². The fourth-order valence-corrected chi connectivity index (χ4v) is 2.48. The maximum atomic E-state index is 11.9. The van der Waals surface area contributed by atoms with E-state index in [1.54, 1.807) is 7.05 Å². The van der Waals surface area contributed by atoms with Gasteiger partial charge >= 0.3 is 5.97 Å². The van der Waals surface area contributed by atoms with Gasteiger partial charge in [0, 0.05) is 12.5 Å². The zero-order valence-electron chi connectivity index (χ0n) is 11.3. The Morgan fingerprint density at radius 3 is 2.39 bits per heavy atom. The molecule has 0 saturated heterocycles. The van der Waals surface area contributed by atoms with E-state index in [1.165, 1.54) is 0 Å². The standard InChI is InChI=1S/C13H24N2O3/c1-3-4-9-15-11(16)10-5-7-13(14-2,8-6-10)12(17)18/h10,14H,3-9H2,1-2H3,(H,15,16)(H,17,18). The summed E-state index contributed by atoms with van der Waals surface area (Å²) < 4.78 is 0. The molecule has 0 spiro atoms. The van der Waals surface area contributed by atoms with Crippen LogP contribution in [0.1, 0.15) is 45.4 Å². The van der Waals surface area contributed by atoms with Gasteiger partial charge in [0.05, 0.1) is 0 Å². The van der Waals surface area contributed by atoms with Crippen molar-refractivity contribution in [2.45, 2.75) is 51.0 Å². The third kappa shape index (κ3) is 3.45. The molecule has 1 amide bonds. The summed E-state index contributed by atoms with van der Waals surface area (Å²) in [5, 5.41) is 15.0. The normalized spacial score (nSPS) is 27.8. The summed E-state index contributed by atoms with van der Waals surface area (Å²) in [5.74, 6) is -0.754. The predicted octanol–water partition coefficient (Wildman–Crippen LogP) is 1.14. The topological polar surface area (TPSA) is 78.4 Å². The van der Waals surface area contributed by atoms with Crippen molar-refractivity contribution in [1.82, 2.24) is 10.6 Å².